The molecule has 1 aromatic carbocycles. The van der Waals surface area contributed by atoms with E-state index in [4.69, 9.17) is 20.8 Å². The van der Waals surface area contributed by atoms with Crippen molar-refractivity contribution in [3.8, 4) is 22.6 Å². The molecule has 0 atom stereocenters. The van der Waals surface area contributed by atoms with E-state index in [1.807, 2.05) is 4.90 Å². The van der Waals surface area contributed by atoms with Crippen molar-refractivity contribution in [3.63, 3.8) is 0 Å². The Balaban J connectivity index is 2.18. The fraction of sp³-hybridized carbons (Fsp3) is 0.333. The highest BCUT2D eigenvalue weighted by Gasteiger charge is 2.28. The molecule has 0 aliphatic carbocycles. The number of thiophene rings is 1. The lowest BCUT2D eigenvalue weighted by atomic mass is 10.0. The van der Waals surface area contributed by atoms with Gasteiger partial charge in [0, 0.05) is 18.7 Å². The quantitative estimate of drug-likeness (QED) is 0.808. The van der Waals surface area contributed by atoms with Crippen LogP contribution in [0.25, 0.3) is 16.0 Å². The van der Waals surface area contributed by atoms with Crippen LogP contribution in [-0.2, 0) is 4.74 Å². The number of carbonyl (C=O) groups is 1. The Hall–Kier alpha value is -2.76. The van der Waals surface area contributed by atoms with Gasteiger partial charge in [-0.1, -0.05) is 6.07 Å². The van der Waals surface area contributed by atoms with Crippen molar-refractivity contribution >= 4 is 28.0 Å². The van der Waals surface area contributed by atoms with Crippen LogP contribution in [0, 0.1) is 6.57 Å². The van der Waals surface area contributed by atoms with Gasteiger partial charge in [-0.05, 0) is 17.7 Å². The van der Waals surface area contributed by atoms with Gasteiger partial charge in [-0.25, -0.2) is 9.64 Å². The predicted octanol–water partition coefficient (Wildman–Crippen LogP) is 3.52. The lowest BCUT2D eigenvalue weighted by molar-refractivity contribution is 0.0703. The Bertz CT molecular complexity index is 865. The van der Waals surface area contributed by atoms with Crippen molar-refractivity contribution in [2.24, 2.45) is 0 Å². The molecule has 0 spiro atoms. The molecule has 1 aromatic heterocycles. The first-order valence-electron chi connectivity index (χ1n) is 7.93. The first-order valence-corrected chi connectivity index (χ1v) is 8.75. The molecule has 0 bridgehead atoms. The van der Waals surface area contributed by atoms with Crippen LogP contribution < -0.4 is 14.4 Å². The summed E-state index contributed by atoms with van der Waals surface area (Å²) in [4.78, 5) is 17.7. The van der Waals surface area contributed by atoms with Gasteiger partial charge in [0.1, 0.15) is 4.88 Å². The van der Waals surface area contributed by atoms with E-state index in [2.05, 4.69) is 4.85 Å². The van der Waals surface area contributed by atoms with Gasteiger partial charge in [-0.2, -0.15) is 0 Å². The molecule has 0 radical (unpaired) electrons. The van der Waals surface area contributed by atoms with E-state index < -0.39 is 5.97 Å². The van der Waals surface area contributed by atoms with Gasteiger partial charge in [0.25, 0.3) is 0 Å². The van der Waals surface area contributed by atoms with E-state index in [1.165, 1.54) is 14.2 Å². The number of carboxylic acids is 1. The fourth-order valence-corrected chi connectivity index (χ4v) is 4.06. The standard InChI is InChI=1S/C18H18N2O5S/c1-19-15-14(11-4-5-12(23-2)13(10-11)24-3)16(18(21)22)26-17(15)20-6-8-25-9-7-20/h4-5,10H,6-9H2,2-3H3,(H,21,22). The second kappa shape index (κ2) is 7.64. The summed E-state index contributed by atoms with van der Waals surface area (Å²) in [5.41, 5.74) is 1.38. The Kier molecular flexibility index (Phi) is 5.30. The summed E-state index contributed by atoms with van der Waals surface area (Å²) in [5, 5.41) is 10.4. The number of hydrogen-bond acceptors (Lipinski definition) is 6. The lowest BCUT2D eigenvalue weighted by Gasteiger charge is -2.28. The monoisotopic (exact) mass is 374 g/mol. The van der Waals surface area contributed by atoms with Crippen molar-refractivity contribution in [2.75, 3.05) is 45.4 Å². The van der Waals surface area contributed by atoms with Crippen LogP contribution >= 0.6 is 11.3 Å². The number of carboxylic acid groups (broad SMARTS) is 1. The maximum atomic E-state index is 11.8. The third-order valence-corrected chi connectivity index (χ3v) is 5.37. The van der Waals surface area contributed by atoms with E-state index in [0.717, 1.165) is 11.3 Å². The van der Waals surface area contributed by atoms with Crippen molar-refractivity contribution in [1.82, 2.24) is 0 Å². The Labute approximate surface area is 155 Å². The van der Waals surface area contributed by atoms with Gasteiger partial charge in [0.05, 0.1) is 39.0 Å². The summed E-state index contributed by atoms with van der Waals surface area (Å²) in [6, 6.07) is 5.15. The number of methoxy groups -OCH3 is 2. The predicted molar refractivity (Wildman–Crippen MR) is 99.1 cm³/mol. The number of anilines is 1. The molecule has 2 aromatic rings. The summed E-state index contributed by atoms with van der Waals surface area (Å²) in [5.74, 6) is -0.0262. The van der Waals surface area contributed by atoms with Crippen LogP contribution in [0.15, 0.2) is 18.2 Å². The van der Waals surface area contributed by atoms with Gasteiger partial charge >= 0.3 is 5.97 Å². The van der Waals surface area contributed by atoms with Crippen LogP contribution in [0.4, 0.5) is 10.7 Å². The van der Waals surface area contributed by atoms with Crippen LogP contribution in [-0.4, -0.2) is 51.6 Å². The number of morpholine rings is 1. The fourth-order valence-electron chi connectivity index (χ4n) is 2.91. The van der Waals surface area contributed by atoms with Crippen LogP contribution in [0.2, 0.25) is 0 Å². The van der Waals surface area contributed by atoms with E-state index in [0.29, 0.717) is 59.6 Å². The van der Waals surface area contributed by atoms with Crippen molar-refractivity contribution in [2.45, 2.75) is 0 Å². The molecule has 0 amide bonds. The van der Waals surface area contributed by atoms with Crippen LogP contribution in [0.5, 0.6) is 11.5 Å². The van der Waals surface area contributed by atoms with Gasteiger partial charge in [-0.15, -0.1) is 11.3 Å². The minimum Gasteiger partial charge on any atom is -0.493 e. The number of aromatic carboxylic acids is 1. The highest BCUT2D eigenvalue weighted by atomic mass is 32.1. The maximum Gasteiger partial charge on any atom is 0.345 e. The summed E-state index contributed by atoms with van der Waals surface area (Å²) in [6.07, 6.45) is 0. The molecule has 0 saturated carbocycles. The Morgan fingerprint density at radius 1 is 1.27 bits per heavy atom. The molecule has 2 heterocycles. The van der Waals surface area contributed by atoms with Crippen LogP contribution in [0.3, 0.4) is 0 Å². The zero-order chi connectivity index (χ0) is 18.7. The van der Waals surface area contributed by atoms with Crippen LogP contribution in [0.1, 0.15) is 9.67 Å². The molecule has 1 N–H and O–H groups in total. The third kappa shape index (κ3) is 3.19. The van der Waals surface area contributed by atoms with E-state index >= 15 is 0 Å². The number of rotatable bonds is 5. The average Bonchev–Trinajstić information content (AvgIpc) is 3.08. The molecule has 8 heteroatoms. The van der Waals surface area contributed by atoms with Gasteiger partial charge < -0.3 is 24.2 Å². The van der Waals surface area contributed by atoms with Crippen molar-refractivity contribution in [3.05, 3.63) is 34.5 Å². The van der Waals surface area contributed by atoms with Crippen molar-refractivity contribution < 1.29 is 24.1 Å². The second-order valence-corrected chi connectivity index (χ2v) is 6.55. The largest absolute Gasteiger partial charge is 0.493 e. The molecule has 1 aliphatic rings. The number of benzene rings is 1. The highest BCUT2D eigenvalue weighted by Crippen LogP contribution is 2.49. The molecule has 1 saturated heterocycles. The van der Waals surface area contributed by atoms with E-state index in [1.54, 1.807) is 18.2 Å². The molecule has 26 heavy (non-hydrogen) atoms. The highest BCUT2D eigenvalue weighted by molar-refractivity contribution is 7.19. The topological polar surface area (TPSA) is 72.6 Å². The lowest BCUT2D eigenvalue weighted by Crippen LogP contribution is -2.35. The summed E-state index contributed by atoms with van der Waals surface area (Å²) in [6.45, 7) is 10.0. The van der Waals surface area contributed by atoms with Crippen molar-refractivity contribution in [1.29, 1.82) is 0 Å². The van der Waals surface area contributed by atoms with Gasteiger partial charge in [0.2, 0.25) is 5.69 Å². The zero-order valence-electron chi connectivity index (χ0n) is 14.4. The van der Waals surface area contributed by atoms with E-state index in [9.17, 15) is 9.90 Å². The first-order chi connectivity index (χ1) is 12.6. The maximum absolute atomic E-state index is 11.8. The van der Waals surface area contributed by atoms with Gasteiger partial charge in [0.15, 0.2) is 11.5 Å². The SMILES string of the molecule is [C-]#[N+]c1c(N2CCOCC2)sc(C(=O)O)c1-c1ccc(OC)c(OC)c1. The summed E-state index contributed by atoms with van der Waals surface area (Å²) >= 11 is 1.13. The minimum atomic E-state index is -1.05. The summed E-state index contributed by atoms with van der Waals surface area (Å²) in [7, 11) is 3.05. The van der Waals surface area contributed by atoms with E-state index in [-0.39, 0.29) is 4.88 Å². The molecule has 1 aliphatic heterocycles. The third-order valence-electron chi connectivity index (χ3n) is 4.14. The summed E-state index contributed by atoms with van der Waals surface area (Å²) < 4.78 is 15.9. The first kappa shape index (κ1) is 18.0. The normalized spacial score (nSPS) is 14.0. The Morgan fingerprint density at radius 3 is 2.54 bits per heavy atom. The molecule has 3 rings (SSSR count). The number of hydrogen-bond donors (Lipinski definition) is 1. The molecular formula is C18H18N2O5S. The number of nitrogens with zero attached hydrogens (tertiary/aromatic N) is 2. The molecule has 1 fully saturated rings. The minimum absolute atomic E-state index is 0.143. The second-order valence-electron chi connectivity index (χ2n) is 5.55. The molecule has 136 valence electrons. The van der Waals surface area contributed by atoms with Gasteiger partial charge in [-0.3, -0.25) is 0 Å². The molecule has 0 unspecified atom stereocenters. The number of ether oxygens (including phenoxy) is 3. The molecule has 7 nitrogen and oxygen atoms in total. The molecular weight excluding hydrogens is 356 g/mol. The Morgan fingerprint density at radius 2 is 1.96 bits per heavy atom. The smallest absolute Gasteiger partial charge is 0.345 e. The zero-order valence-corrected chi connectivity index (χ0v) is 15.3. The average molecular weight is 374 g/mol.